The van der Waals surface area contributed by atoms with Crippen molar-refractivity contribution in [3.05, 3.63) is 168 Å². The largest absolute Gasteiger partial charge is 0.347 e. The highest BCUT2D eigenvalue weighted by atomic mass is 15.2. The quantitative estimate of drug-likeness (QED) is 0.194. The molecule has 2 unspecified atom stereocenters. The Morgan fingerprint density at radius 2 is 1.23 bits per heavy atom. The number of anilines is 1. The van der Waals surface area contributed by atoms with Crippen LogP contribution >= 0.6 is 0 Å². The molecule has 2 atom stereocenters. The van der Waals surface area contributed by atoms with Gasteiger partial charge in [-0.25, -0.2) is 0 Å². The van der Waals surface area contributed by atoms with Crippen LogP contribution in [0, 0.1) is 0 Å². The Labute approximate surface area is 257 Å². The fourth-order valence-electron chi connectivity index (χ4n) is 7.29. The minimum atomic E-state index is -0.156. The van der Waals surface area contributed by atoms with Gasteiger partial charge in [0.25, 0.3) is 0 Å². The van der Waals surface area contributed by atoms with Crippen LogP contribution in [0.3, 0.4) is 0 Å². The highest BCUT2D eigenvalue weighted by Gasteiger charge is 2.46. The molecule has 43 heavy (non-hydrogen) atoms. The van der Waals surface area contributed by atoms with Crippen LogP contribution in [0.4, 0.5) is 11.4 Å². The van der Waals surface area contributed by atoms with Gasteiger partial charge in [-0.05, 0) is 66.6 Å². The monoisotopic (exact) mass is 561 g/mol. The Balaban J connectivity index is 1.38. The SMILES string of the molecule is C=Cc1ccc(CC2(C)C(/C=C/C=C3/N(C)c4ccccc4C3(C)Cc3ccc(C=C)cc3)=[N+](C)c3ccccc32)cc1. The molecule has 0 saturated heterocycles. The summed E-state index contributed by atoms with van der Waals surface area (Å²) in [4.78, 5) is 2.37. The zero-order valence-corrected chi connectivity index (χ0v) is 25.8. The number of para-hydroxylation sites is 2. The van der Waals surface area contributed by atoms with Crippen molar-refractivity contribution in [3.63, 3.8) is 0 Å². The number of hydrogen-bond acceptors (Lipinski definition) is 1. The lowest BCUT2D eigenvalue weighted by Gasteiger charge is -2.29. The van der Waals surface area contributed by atoms with Gasteiger partial charge >= 0.3 is 0 Å². The van der Waals surface area contributed by atoms with Gasteiger partial charge in [-0.2, -0.15) is 4.58 Å². The number of benzene rings is 4. The van der Waals surface area contributed by atoms with Gasteiger partial charge in [-0.15, -0.1) is 0 Å². The van der Waals surface area contributed by atoms with Gasteiger partial charge in [0.1, 0.15) is 7.05 Å². The summed E-state index contributed by atoms with van der Waals surface area (Å²) in [7, 11) is 4.40. The molecule has 2 aliphatic heterocycles. The van der Waals surface area contributed by atoms with E-state index < -0.39 is 0 Å². The molecule has 214 valence electrons. The van der Waals surface area contributed by atoms with Crippen LogP contribution < -0.4 is 4.90 Å². The second-order valence-electron chi connectivity index (χ2n) is 12.4. The second kappa shape index (κ2) is 11.2. The fourth-order valence-corrected chi connectivity index (χ4v) is 7.29. The van der Waals surface area contributed by atoms with Crippen LogP contribution in [0.2, 0.25) is 0 Å². The topological polar surface area (TPSA) is 6.25 Å². The molecule has 2 heterocycles. The highest BCUT2D eigenvalue weighted by Crippen LogP contribution is 2.49. The van der Waals surface area contributed by atoms with Gasteiger partial charge in [-0.3, -0.25) is 0 Å². The van der Waals surface area contributed by atoms with Crippen LogP contribution in [-0.4, -0.2) is 24.4 Å². The Hall–Kier alpha value is -4.69. The smallest absolute Gasteiger partial charge is 0.209 e. The minimum absolute atomic E-state index is 0.156. The molecule has 4 aromatic carbocycles. The van der Waals surface area contributed by atoms with Gasteiger partial charge in [-0.1, -0.05) is 116 Å². The number of allylic oxidation sites excluding steroid dienone is 4. The molecule has 0 saturated carbocycles. The molecule has 0 bridgehead atoms. The summed E-state index contributed by atoms with van der Waals surface area (Å²) >= 11 is 0. The van der Waals surface area contributed by atoms with Gasteiger partial charge in [0.15, 0.2) is 5.71 Å². The summed E-state index contributed by atoms with van der Waals surface area (Å²) in [6, 6.07) is 35.3. The second-order valence-corrected chi connectivity index (χ2v) is 12.4. The number of nitrogens with zero attached hydrogens (tertiary/aromatic N) is 2. The Kier molecular flexibility index (Phi) is 7.40. The molecule has 2 aliphatic rings. The molecule has 2 nitrogen and oxygen atoms in total. The molecule has 4 aromatic rings. The third-order valence-electron chi connectivity index (χ3n) is 9.63. The lowest BCUT2D eigenvalue weighted by molar-refractivity contribution is -0.401. The number of rotatable bonds is 8. The first-order valence-electron chi connectivity index (χ1n) is 15.1. The maximum atomic E-state index is 3.92. The Morgan fingerprint density at radius 1 is 0.698 bits per heavy atom. The molecule has 0 spiro atoms. The molecular formula is C41H41N2+. The highest BCUT2D eigenvalue weighted by molar-refractivity contribution is 6.03. The van der Waals surface area contributed by atoms with E-state index in [4.69, 9.17) is 0 Å². The standard InChI is InChI=1S/C41H41N2/c1-7-30-20-24-32(25-21-30)28-40(3)34-14-9-11-16-36(34)42(5)38(40)18-13-19-39-41(4,29-33-26-22-31(8-2)23-27-33)35-15-10-12-17-37(35)43(39)6/h7-27H,1-2,28-29H2,3-6H3/q+1. The van der Waals surface area contributed by atoms with E-state index in [1.54, 1.807) is 0 Å². The van der Waals surface area contributed by atoms with Crippen LogP contribution in [0.15, 0.2) is 134 Å². The Bertz CT molecular complexity index is 1780. The van der Waals surface area contributed by atoms with E-state index in [1.165, 1.54) is 45.0 Å². The first kappa shape index (κ1) is 28.4. The van der Waals surface area contributed by atoms with Crippen molar-refractivity contribution in [2.24, 2.45) is 0 Å². The molecule has 0 N–H and O–H groups in total. The summed E-state index contributed by atoms with van der Waals surface area (Å²) in [5.41, 5.74) is 12.5. The van der Waals surface area contributed by atoms with Crippen molar-refractivity contribution in [3.8, 4) is 0 Å². The van der Waals surface area contributed by atoms with Gasteiger partial charge < -0.3 is 4.90 Å². The number of fused-ring (bicyclic) bond motifs is 2. The van der Waals surface area contributed by atoms with E-state index in [0.29, 0.717) is 0 Å². The minimum Gasteiger partial charge on any atom is -0.347 e. The van der Waals surface area contributed by atoms with Crippen molar-refractivity contribution in [1.82, 2.24) is 0 Å². The predicted molar refractivity (Wildman–Crippen MR) is 185 cm³/mol. The number of hydrogen-bond donors (Lipinski definition) is 0. The maximum absolute atomic E-state index is 3.92. The lowest BCUT2D eigenvalue weighted by atomic mass is 9.74. The van der Waals surface area contributed by atoms with Crippen molar-refractivity contribution >= 4 is 29.2 Å². The van der Waals surface area contributed by atoms with Crippen molar-refractivity contribution < 1.29 is 4.58 Å². The molecule has 0 radical (unpaired) electrons. The van der Waals surface area contributed by atoms with Crippen molar-refractivity contribution in [1.29, 1.82) is 0 Å². The van der Waals surface area contributed by atoms with Crippen LogP contribution in [-0.2, 0) is 23.7 Å². The van der Waals surface area contributed by atoms with Gasteiger partial charge in [0.2, 0.25) is 5.69 Å². The van der Waals surface area contributed by atoms with Crippen molar-refractivity contribution in [2.75, 3.05) is 19.0 Å². The van der Waals surface area contributed by atoms with Gasteiger partial charge in [0, 0.05) is 41.6 Å². The summed E-state index contributed by atoms with van der Waals surface area (Å²) in [5, 5.41) is 0. The average Bonchev–Trinajstić information content (AvgIpc) is 3.37. The fraction of sp³-hybridized carbons (Fsp3) is 0.195. The predicted octanol–water partition coefficient (Wildman–Crippen LogP) is 9.29. The Morgan fingerprint density at radius 3 is 1.84 bits per heavy atom. The summed E-state index contributed by atoms with van der Waals surface area (Å²) in [6.45, 7) is 12.6. The summed E-state index contributed by atoms with van der Waals surface area (Å²) in [6.07, 6.45) is 12.6. The first-order chi connectivity index (χ1) is 20.8. The molecule has 0 fully saturated rings. The third-order valence-corrected chi connectivity index (χ3v) is 9.63. The zero-order chi connectivity index (χ0) is 30.2. The first-order valence-corrected chi connectivity index (χ1v) is 15.1. The zero-order valence-electron chi connectivity index (χ0n) is 25.8. The lowest BCUT2D eigenvalue weighted by Crippen LogP contribution is -2.33. The van der Waals surface area contributed by atoms with E-state index in [9.17, 15) is 0 Å². The molecule has 0 aromatic heterocycles. The third kappa shape index (κ3) is 4.91. The van der Waals surface area contributed by atoms with E-state index in [2.05, 4.69) is 166 Å². The molecule has 0 amide bonds. The van der Waals surface area contributed by atoms with Crippen LogP contribution in [0.25, 0.3) is 12.2 Å². The molecular weight excluding hydrogens is 520 g/mol. The maximum Gasteiger partial charge on any atom is 0.209 e. The summed E-state index contributed by atoms with van der Waals surface area (Å²) < 4.78 is 2.37. The molecule has 0 aliphatic carbocycles. The van der Waals surface area contributed by atoms with E-state index in [0.717, 1.165) is 24.0 Å². The average molecular weight is 562 g/mol. The summed E-state index contributed by atoms with van der Waals surface area (Å²) in [5.74, 6) is 0. The van der Waals surface area contributed by atoms with Crippen LogP contribution in [0.5, 0.6) is 0 Å². The normalized spacial score (nSPS) is 21.9. The van der Waals surface area contributed by atoms with E-state index in [1.807, 2.05) is 12.2 Å². The molecule has 2 heteroatoms. The van der Waals surface area contributed by atoms with E-state index in [-0.39, 0.29) is 10.8 Å². The van der Waals surface area contributed by atoms with E-state index >= 15 is 0 Å². The number of likely N-dealkylation sites (N-methyl/N-ethyl adjacent to an activating group) is 1. The molecule has 6 rings (SSSR count). The van der Waals surface area contributed by atoms with Crippen molar-refractivity contribution in [2.45, 2.75) is 37.5 Å². The van der Waals surface area contributed by atoms with Crippen LogP contribution in [0.1, 0.15) is 47.2 Å². The van der Waals surface area contributed by atoms with Gasteiger partial charge in [0.05, 0.1) is 5.41 Å².